The molecule has 5 aliphatic carbocycles. The summed E-state index contributed by atoms with van der Waals surface area (Å²) in [5.74, 6) is 0.305. The fourth-order valence-electron chi connectivity index (χ4n) is 13.5. The average molecular weight is 817 g/mol. The number of carbonyl (C=O) groups excluding carboxylic acids is 1. The minimum absolute atomic E-state index is 0.00873. The van der Waals surface area contributed by atoms with Crippen molar-refractivity contribution < 1.29 is 25.2 Å². The summed E-state index contributed by atoms with van der Waals surface area (Å²) in [6.45, 7) is 11.5. The summed E-state index contributed by atoms with van der Waals surface area (Å²) in [5, 5.41) is 48.7. The molecule has 7 nitrogen and oxygen atoms in total. The van der Waals surface area contributed by atoms with Gasteiger partial charge >= 0.3 is 0 Å². The summed E-state index contributed by atoms with van der Waals surface area (Å²) < 4.78 is 2.29. The number of benzene rings is 1. The number of ketones is 1. The van der Waals surface area contributed by atoms with Gasteiger partial charge in [-0.15, -0.1) is 0 Å². The van der Waals surface area contributed by atoms with Crippen LogP contribution in [0.2, 0.25) is 0 Å². The van der Waals surface area contributed by atoms with Crippen LogP contribution in [0.4, 0.5) is 0 Å². The molecule has 9 heteroatoms. The van der Waals surface area contributed by atoms with Crippen molar-refractivity contribution in [3.63, 3.8) is 0 Å². The quantitative estimate of drug-likeness (QED) is 0.178. The monoisotopic (exact) mass is 816 g/mol. The van der Waals surface area contributed by atoms with E-state index < -0.39 is 34.7 Å². The van der Waals surface area contributed by atoms with Crippen molar-refractivity contribution in [3.05, 3.63) is 77.4 Å². The predicted octanol–water partition coefficient (Wildman–Crippen LogP) is 9.32. The molecule has 0 amide bonds. The predicted molar refractivity (Wildman–Crippen MR) is 231 cm³/mol. The van der Waals surface area contributed by atoms with Gasteiger partial charge in [-0.3, -0.25) is 4.79 Å². The smallest absolute Gasteiger partial charge is 0.159 e. The number of rotatable bonds is 4. The number of nitrogens with zero attached hydrogens (tertiary/aromatic N) is 2. The van der Waals surface area contributed by atoms with Crippen LogP contribution in [0.25, 0.3) is 0 Å². The van der Waals surface area contributed by atoms with Crippen molar-refractivity contribution in [2.75, 3.05) is 5.75 Å². The molecule has 5 fully saturated rings. The van der Waals surface area contributed by atoms with E-state index in [0.29, 0.717) is 12.8 Å². The van der Waals surface area contributed by atoms with Crippen LogP contribution in [0.1, 0.15) is 130 Å². The van der Waals surface area contributed by atoms with Gasteiger partial charge in [0, 0.05) is 46.7 Å². The second-order valence-electron chi connectivity index (χ2n) is 20.3. The molecule has 1 aromatic heterocycles. The Bertz CT molecular complexity index is 1810. The first-order valence-electron chi connectivity index (χ1n) is 22.2. The Morgan fingerprint density at radius 1 is 0.912 bits per heavy atom. The number of hydrogen-bond donors (Lipinski definition) is 4. The van der Waals surface area contributed by atoms with Crippen molar-refractivity contribution in [2.45, 2.75) is 160 Å². The van der Waals surface area contributed by atoms with Gasteiger partial charge in [0.1, 0.15) is 0 Å². The third-order valence-corrected chi connectivity index (χ3v) is 19.8. The van der Waals surface area contributed by atoms with E-state index in [-0.39, 0.29) is 58.5 Å². The normalized spacial score (nSPS) is 42.7. The van der Waals surface area contributed by atoms with Crippen molar-refractivity contribution in [1.82, 2.24) is 9.55 Å². The molecular weight excluding hydrogens is 749 g/mol. The van der Waals surface area contributed by atoms with E-state index in [1.165, 1.54) is 30.4 Å². The number of aromatic nitrogens is 2. The van der Waals surface area contributed by atoms with E-state index in [2.05, 4.69) is 80.7 Å². The summed E-state index contributed by atoms with van der Waals surface area (Å²) in [4.78, 5) is 18.8. The number of fused-ring (bicyclic) bond motifs is 9. The fourth-order valence-corrected chi connectivity index (χ4v) is 16.8. The molecule has 8 rings (SSSR count). The van der Waals surface area contributed by atoms with Crippen LogP contribution in [-0.4, -0.2) is 70.7 Å². The first-order chi connectivity index (χ1) is 27.2. The molecular formula is C48H68N2O5S2. The molecule has 4 N–H and O–H groups in total. The van der Waals surface area contributed by atoms with E-state index in [1.807, 2.05) is 40.2 Å². The van der Waals surface area contributed by atoms with Gasteiger partial charge in [-0.25, -0.2) is 4.98 Å². The Morgan fingerprint density at radius 2 is 1.67 bits per heavy atom. The van der Waals surface area contributed by atoms with Crippen molar-refractivity contribution in [1.29, 1.82) is 0 Å². The highest BCUT2D eigenvalue weighted by Crippen LogP contribution is 2.71. The number of imidazole rings is 1. The Labute approximate surface area is 349 Å². The van der Waals surface area contributed by atoms with Gasteiger partial charge in [-0.1, -0.05) is 104 Å². The van der Waals surface area contributed by atoms with Gasteiger partial charge in [-0.05, 0) is 129 Å². The number of allylic oxidation sites excluding steroid dienone is 2. The van der Waals surface area contributed by atoms with Crippen LogP contribution < -0.4 is 0 Å². The minimum Gasteiger partial charge on any atom is -0.393 e. The van der Waals surface area contributed by atoms with Gasteiger partial charge < -0.3 is 25.0 Å². The Balaban J connectivity index is 1.25. The maximum Gasteiger partial charge on any atom is 0.159 e. The summed E-state index contributed by atoms with van der Waals surface area (Å²) in [5.41, 5.74) is 2.67. The molecule has 57 heavy (non-hydrogen) atoms. The molecule has 1 saturated heterocycles. The third kappa shape index (κ3) is 7.38. The van der Waals surface area contributed by atoms with Crippen LogP contribution in [-0.2, 0) is 11.2 Å². The lowest BCUT2D eigenvalue weighted by Gasteiger charge is -2.61. The second-order valence-corrected chi connectivity index (χ2v) is 23.0. The van der Waals surface area contributed by atoms with Gasteiger partial charge in [-0.2, -0.15) is 0 Å². The van der Waals surface area contributed by atoms with Crippen LogP contribution in [0.5, 0.6) is 0 Å². The maximum atomic E-state index is 14.3. The molecule has 0 radical (unpaired) electrons. The van der Waals surface area contributed by atoms with E-state index in [1.54, 1.807) is 5.57 Å². The number of aryl methyl sites for hydroxylation is 1. The Kier molecular flexibility index (Phi) is 11.9. The summed E-state index contributed by atoms with van der Waals surface area (Å²) in [7, 11) is 3.87. The summed E-state index contributed by atoms with van der Waals surface area (Å²) in [6, 6.07) is 10.9. The zero-order chi connectivity index (χ0) is 40.3. The molecule has 13 unspecified atom stereocenters. The summed E-state index contributed by atoms with van der Waals surface area (Å²) in [6.07, 6.45) is 17.8. The number of hydrogen-bond acceptors (Lipinski definition) is 8. The van der Waals surface area contributed by atoms with E-state index in [9.17, 15) is 25.2 Å². The lowest BCUT2D eigenvalue weighted by atomic mass is 9.45. The molecule has 4 saturated carbocycles. The molecule has 1 aliphatic heterocycles. The topological polar surface area (TPSA) is 116 Å². The maximum absolute atomic E-state index is 14.3. The minimum atomic E-state index is -1.26. The van der Waals surface area contributed by atoms with E-state index in [0.717, 1.165) is 62.7 Å². The van der Waals surface area contributed by atoms with Crippen LogP contribution in [0, 0.1) is 45.8 Å². The van der Waals surface area contributed by atoms with Crippen molar-refractivity contribution in [3.8, 4) is 0 Å². The molecule has 0 spiro atoms. The zero-order valence-electron chi connectivity index (χ0n) is 35.0. The van der Waals surface area contributed by atoms with Crippen LogP contribution in [0.3, 0.4) is 0 Å². The Hall–Kier alpha value is -1.88. The zero-order valence-corrected chi connectivity index (χ0v) is 36.6. The second kappa shape index (κ2) is 16.2. The number of aliphatic hydroxyl groups is 4. The average Bonchev–Trinajstić information content (AvgIpc) is 3.81. The summed E-state index contributed by atoms with van der Waals surface area (Å²) >= 11 is 0. The standard InChI is InChI=1S/C48H68N2O5S2/c1-30-35-22-39(48(55)37-24-41(52)38-25-42(53)43(54)27-46(38,4)34(37)18-19-47(35,48)5)44(17-16-31-12-8-6-9-13-31)57-56-28-33(50-21-20-49-29-50)26-45(2,3)36(23-40(30)51)32-14-10-7-11-15-32/h6,8-9,12-13,20-21,24,29-30,33-35,38-40,42-44,51,53-55H,7,10-11,14-19,22-23,25-28H2,1-5H3. The van der Waals surface area contributed by atoms with Crippen LogP contribution >= 0.6 is 21.6 Å². The van der Waals surface area contributed by atoms with Gasteiger partial charge in [0.15, 0.2) is 5.78 Å². The highest BCUT2D eigenvalue weighted by Gasteiger charge is 2.71. The van der Waals surface area contributed by atoms with Gasteiger partial charge in [0.25, 0.3) is 0 Å². The molecule has 2 heterocycles. The molecule has 312 valence electrons. The van der Waals surface area contributed by atoms with Gasteiger partial charge in [0.2, 0.25) is 0 Å². The number of carbonyl (C=O) groups is 1. The lowest BCUT2D eigenvalue weighted by Crippen LogP contribution is -2.63. The van der Waals surface area contributed by atoms with Gasteiger partial charge in [0.05, 0.1) is 30.2 Å². The molecule has 2 aromatic rings. The SMILES string of the molecule is CC1C(O)CC(=C2CCCCC2)C(C)(C)CC(n2ccnc2)CSSC(CCc2ccccc2)C2CC1C1(C)CCC3C(=CC(=O)C4CC(O)C(O)CC43C)C21O. The highest BCUT2D eigenvalue weighted by atomic mass is 33.1. The van der Waals surface area contributed by atoms with Crippen LogP contribution in [0.15, 0.2) is 71.8 Å². The molecule has 2 bridgehead atoms. The third-order valence-electron chi connectivity index (χ3n) is 16.8. The number of aliphatic hydroxyl groups excluding tert-OH is 3. The largest absolute Gasteiger partial charge is 0.393 e. The lowest BCUT2D eigenvalue weighted by molar-refractivity contribution is -0.159. The van der Waals surface area contributed by atoms with Crippen molar-refractivity contribution in [2.24, 2.45) is 45.8 Å². The van der Waals surface area contributed by atoms with E-state index >= 15 is 0 Å². The van der Waals surface area contributed by atoms with E-state index in [4.69, 9.17) is 0 Å². The van der Waals surface area contributed by atoms with Crippen molar-refractivity contribution >= 4 is 27.4 Å². The molecule has 1 aromatic carbocycles. The molecule has 13 atom stereocenters. The first kappa shape index (κ1) is 41.8. The first-order valence-corrected chi connectivity index (χ1v) is 24.6. The highest BCUT2D eigenvalue weighted by molar-refractivity contribution is 8.76. The molecule has 6 aliphatic rings. The Morgan fingerprint density at radius 3 is 2.39 bits per heavy atom. The fraction of sp³-hybridized carbons (Fsp3) is 0.708.